The van der Waals surface area contributed by atoms with Gasteiger partial charge in [0.25, 0.3) is 0 Å². The Balaban J connectivity index is 1.40. The van der Waals surface area contributed by atoms with Crippen LogP contribution in [0.25, 0.3) is 0 Å². The maximum Gasteiger partial charge on any atom is 0.239 e. The summed E-state index contributed by atoms with van der Waals surface area (Å²) in [5, 5.41) is 0.643. The Hall–Kier alpha value is -2.08. The molecular weight excluding hydrogens is 386 g/mol. The molecule has 0 N–H and O–H groups in total. The summed E-state index contributed by atoms with van der Waals surface area (Å²) in [6.07, 6.45) is 0. The van der Waals surface area contributed by atoms with Gasteiger partial charge in [0.2, 0.25) is 5.91 Å². The van der Waals surface area contributed by atoms with Crippen molar-refractivity contribution in [3.05, 3.63) is 65.2 Å². The van der Waals surface area contributed by atoms with Crippen LogP contribution in [0.4, 0.5) is 0 Å². The van der Waals surface area contributed by atoms with E-state index in [4.69, 9.17) is 16.3 Å². The first-order chi connectivity index (χ1) is 14.0. The van der Waals surface area contributed by atoms with Crippen molar-refractivity contribution >= 4 is 17.5 Å². The highest BCUT2D eigenvalue weighted by Gasteiger charge is 2.27. The molecule has 5 nitrogen and oxygen atoms in total. The van der Waals surface area contributed by atoms with Crippen molar-refractivity contribution in [1.82, 2.24) is 14.7 Å². The van der Waals surface area contributed by atoms with Crippen LogP contribution in [0.1, 0.15) is 12.5 Å². The van der Waals surface area contributed by atoms with Crippen LogP contribution in [0.5, 0.6) is 5.75 Å². The van der Waals surface area contributed by atoms with Gasteiger partial charge in [0.05, 0.1) is 11.1 Å². The number of amides is 1. The van der Waals surface area contributed by atoms with E-state index >= 15 is 0 Å². The quantitative estimate of drug-likeness (QED) is 0.662. The van der Waals surface area contributed by atoms with Crippen molar-refractivity contribution in [3.63, 3.8) is 0 Å². The molecule has 29 heavy (non-hydrogen) atoms. The van der Waals surface area contributed by atoms with Crippen molar-refractivity contribution in [1.29, 1.82) is 0 Å². The summed E-state index contributed by atoms with van der Waals surface area (Å²) in [7, 11) is 1.88. The predicted octanol–water partition coefficient (Wildman–Crippen LogP) is 3.38. The monoisotopic (exact) mass is 415 g/mol. The van der Waals surface area contributed by atoms with E-state index in [2.05, 4.69) is 21.9 Å². The summed E-state index contributed by atoms with van der Waals surface area (Å²) >= 11 is 6.12. The first kappa shape index (κ1) is 21.6. The Morgan fingerprint density at radius 1 is 1.07 bits per heavy atom. The van der Waals surface area contributed by atoms with Gasteiger partial charge in [0.1, 0.15) is 12.4 Å². The second-order valence-corrected chi connectivity index (χ2v) is 7.92. The molecule has 1 saturated heterocycles. The van der Waals surface area contributed by atoms with Gasteiger partial charge in [-0.15, -0.1) is 0 Å². The summed E-state index contributed by atoms with van der Waals surface area (Å²) in [5.74, 6) is 0.901. The van der Waals surface area contributed by atoms with Crippen LogP contribution in [-0.4, -0.2) is 73.0 Å². The molecule has 1 atom stereocenters. The van der Waals surface area contributed by atoms with Gasteiger partial charge in [-0.05, 0) is 24.6 Å². The molecule has 6 heteroatoms. The zero-order valence-corrected chi connectivity index (χ0v) is 18.0. The fourth-order valence-electron chi connectivity index (χ4n) is 3.63. The summed E-state index contributed by atoms with van der Waals surface area (Å²) < 4.78 is 5.79. The zero-order valence-electron chi connectivity index (χ0n) is 17.3. The number of halogens is 1. The smallest absolute Gasteiger partial charge is 0.239 e. The number of hydrogen-bond acceptors (Lipinski definition) is 4. The number of nitrogens with zero attached hydrogens (tertiary/aromatic N) is 3. The van der Waals surface area contributed by atoms with Crippen LogP contribution in [0, 0.1) is 0 Å². The molecule has 0 aromatic heterocycles. The molecule has 156 valence electrons. The second kappa shape index (κ2) is 10.6. The molecule has 0 spiro atoms. The lowest BCUT2D eigenvalue weighted by Gasteiger charge is -2.38. The Morgan fingerprint density at radius 2 is 1.72 bits per heavy atom. The third-order valence-corrected chi connectivity index (χ3v) is 5.76. The number of carbonyl (C=O) groups is 1. The first-order valence-electron chi connectivity index (χ1n) is 10.2. The fraction of sp³-hybridized carbons (Fsp3) is 0.435. The van der Waals surface area contributed by atoms with Crippen LogP contribution in [0.2, 0.25) is 5.02 Å². The van der Waals surface area contributed by atoms with Crippen molar-refractivity contribution in [2.24, 2.45) is 0 Å². The van der Waals surface area contributed by atoms with E-state index in [-0.39, 0.29) is 11.9 Å². The number of benzene rings is 2. The summed E-state index contributed by atoms with van der Waals surface area (Å²) in [6.45, 7) is 7.77. The number of hydrogen-bond donors (Lipinski definition) is 0. The predicted molar refractivity (Wildman–Crippen MR) is 117 cm³/mol. The number of ether oxygens (including phenoxy) is 1. The normalized spacial score (nSPS) is 16.4. The molecule has 1 unspecified atom stereocenters. The van der Waals surface area contributed by atoms with Crippen LogP contribution in [0.3, 0.4) is 0 Å². The van der Waals surface area contributed by atoms with Crippen molar-refractivity contribution in [2.75, 3.05) is 46.4 Å². The van der Waals surface area contributed by atoms with Gasteiger partial charge in [0, 0.05) is 46.3 Å². The van der Waals surface area contributed by atoms with Gasteiger partial charge >= 0.3 is 0 Å². The number of likely N-dealkylation sites (N-methyl/N-ethyl adjacent to an activating group) is 1. The molecule has 0 bridgehead atoms. The molecule has 3 rings (SSSR count). The standard InChI is InChI=1S/C23H30ClN3O2/c1-19(23(28)25(2)18-20-8-4-3-5-9-20)27-14-12-26(13-15-27)16-17-29-22-11-7-6-10-21(22)24/h3-11,19H,12-18H2,1-2H3. The van der Waals surface area contributed by atoms with Crippen LogP contribution >= 0.6 is 11.6 Å². The molecule has 1 aliphatic heterocycles. The van der Waals surface area contributed by atoms with E-state index in [0.29, 0.717) is 18.2 Å². The van der Waals surface area contributed by atoms with Crippen molar-refractivity contribution in [2.45, 2.75) is 19.5 Å². The van der Waals surface area contributed by atoms with Gasteiger partial charge in [-0.2, -0.15) is 0 Å². The Kier molecular flexibility index (Phi) is 7.92. The molecule has 0 radical (unpaired) electrons. The minimum atomic E-state index is -0.106. The van der Waals surface area contributed by atoms with Crippen LogP contribution in [-0.2, 0) is 11.3 Å². The highest BCUT2D eigenvalue weighted by molar-refractivity contribution is 6.32. The lowest BCUT2D eigenvalue weighted by atomic mass is 10.1. The van der Waals surface area contributed by atoms with Gasteiger partial charge in [-0.1, -0.05) is 54.1 Å². The summed E-state index contributed by atoms with van der Waals surface area (Å²) in [6, 6.07) is 17.6. The maximum atomic E-state index is 12.8. The third-order valence-electron chi connectivity index (χ3n) is 5.45. The molecule has 1 aliphatic rings. The van der Waals surface area contributed by atoms with Crippen LogP contribution < -0.4 is 4.74 Å². The first-order valence-corrected chi connectivity index (χ1v) is 10.5. The van der Waals surface area contributed by atoms with Crippen molar-refractivity contribution in [3.8, 4) is 5.75 Å². The second-order valence-electron chi connectivity index (χ2n) is 7.51. The lowest BCUT2D eigenvalue weighted by molar-refractivity contribution is -0.136. The van der Waals surface area contributed by atoms with E-state index in [9.17, 15) is 4.79 Å². The third kappa shape index (κ3) is 6.20. The van der Waals surface area contributed by atoms with E-state index in [1.54, 1.807) is 0 Å². The molecule has 0 aliphatic carbocycles. The highest BCUT2D eigenvalue weighted by atomic mass is 35.5. The van der Waals surface area contributed by atoms with E-state index in [1.165, 1.54) is 0 Å². The number of para-hydroxylation sites is 1. The molecule has 1 amide bonds. The average Bonchev–Trinajstić information content (AvgIpc) is 2.75. The molecule has 1 heterocycles. The molecular formula is C23H30ClN3O2. The van der Waals surface area contributed by atoms with Crippen molar-refractivity contribution < 1.29 is 9.53 Å². The minimum Gasteiger partial charge on any atom is -0.491 e. The number of carbonyl (C=O) groups excluding carboxylic acids is 1. The SMILES string of the molecule is CC(C(=O)N(C)Cc1ccccc1)N1CCN(CCOc2ccccc2Cl)CC1. The Labute approximate surface area is 178 Å². The van der Waals surface area contributed by atoms with Gasteiger partial charge in [-0.3, -0.25) is 14.6 Å². The lowest BCUT2D eigenvalue weighted by Crippen LogP contribution is -2.54. The minimum absolute atomic E-state index is 0.106. The molecule has 1 fully saturated rings. The number of piperazine rings is 1. The molecule has 2 aromatic carbocycles. The Morgan fingerprint density at radius 3 is 2.41 bits per heavy atom. The zero-order chi connectivity index (χ0) is 20.6. The fourth-order valence-corrected chi connectivity index (χ4v) is 3.82. The maximum absolute atomic E-state index is 12.8. The topological polar surface area (TPSA) is 36.0 Å². The van der Waals surface area contributed by atoms with Gasteiger partial charge in [-0.25, -0.2) is 0 Å². The average molecular weight is 416 g/mol. The summed E-state index contributed by atoms with van der Waals surface area (Å²) in [5.41, 5.74) is 1.15. The van der Waals surface area contributed by atoms with Gasteiger partial charge < -0.3 is 9.64 Å². The van der Waals surface area contributed by atoms with E-state index in [0.717, 1.165) is 44.0 Å². The van der Waals surface area contributed by atoms with Crippen LogP contribution in [0.15, 0.2) is 54.6 Å². The van der Waals surface area contributed by atoms with E-state index < -0.39 is 0 Å². The molecule has 2 aromatic rings. The Bertz CT molecular complexity index is 779. The number of rotatable bonds is 8. The highest BCUT2D eigenvalue weighted by Crippen LogP contribution is 2.23. The summed E-state index contributed by atoms with van der Waals surface area (Å²) in [4.78, 5) is 19.3. The van der Waals surface area contributed by atoms with E-state index in [1.807, 2.05) is 61.3 Å². The van der Waals surface area contributed by atoms with Gasteiger partial charge in [0.15, 0.2) is 0 Å². The largest absolute Gasteiger partial charge is 0.491 e. The molecule has 0 saturated carbocycles.